The van der Waals surface area contributed by atoms with Gasteiger partial charge in [-0.1, -0.05) is 36.1 Å². The number of anilines is 3. The van der Waals surface area contributed by atoms with Crippen LogP contribution in [0.5, 0.6) is 0 Å². The average Bonchev–Trinajstić information content (AvgIpc) is 3.54. The number of hydrogen-bond acceptors (Lipinski definition) is 8. The highest BCUT2D eigenvalue weighted by molar-refractivity contribution is 8.07. The van der Waals surface area contributed by atoms with Gasteiger partial charge in [-0.15, -0.1) is 0 Å². The van der Waals surface area contributed by atoms with Crippen LogP contribution in [0.15, 0.2) is 63.2 Å². The molecule has 2 aromatic heterocycles. The largest absolute Gasteiger partial charge is 0.392 e. The predicted molar refractivity (Wildman–Crippen MR) is 148 cm³/mol. The number of aliphatic hydroxyl groups excluding tert-OH is 1. The van der Waals surface area contributed by atoms with Gasteiger partial charge in [0.1, 0.15) is 11.5 Å². The van der Waals surface area contributed by atoms with Crippen LogP contribution in [0.25, 0.3) is 11.3 Å². The van der Waals surface area contributed by atoms with Gasteiger partial charge in [-0.2, -0.15) is 10.2 Å². The second-order valence-electron chi connectivity index (χ2n) is 9.64. The van der Waals surface area contributed by atoms with Gasteiger partial charge >= 0.3 is 0 Å². The number of aromatic nitrogens is 4. The van der Waals surface area contributed by atoms with Crippen molar-refractivity contribution >= 4 is 34.9 Å². The number of aromatic amines is 1. The fourth-order valence-corrected chi connectivity index (χ4v) is 6.01. The van der Waals surface area contributed by atoms with E-state index >= 15 is 0 Å². The highest BCUT2D eigenvalue weighted by atomic mass is 32.2. The first-order chi connectivity index (χ1) is 18.9. The first-order valence-electron chi connectivity index (χ1n) is 12.5. The lowest BCUT2D eigenvalue weighted by Gasteiger charge is -2.22. The maximum absolute atomic E-state index is 15.0. The lowest BCUT2D eigenvalue weighted by atomic mass is 10.00. The summed E-state index contributed by atoms with van der Waals surface area (Å²) in [7, 11) is 2.03. The van der Waals surface area contributed by atoms with Crippen LogP contribution >= 0.6 is 11.8 Å². The number of nitrogens with one attached hydrogen (secondary N) is 3. The standard InChI is InChI=1S/C27H26FN7O3S/c1-34-8-9-35-16(13-34)11-24(33-35)29-21-12-20(31-32-26(21)37)17-6-7-19(28)25(18(17)14-36)30-27(38)23-10-15-4-2-3-5-22(15)39-23/h2-3,5-7,10-12,15,36H,4,8-9,13-14H2,1H3,(H,30,38)(H,32,37)(H,29,31,33). The Morgan fingerprint density at radius 1 is 1.31 bits per heavy atom. The molecule has 2 aliphatic heterocycles. The van der Waals surface area contributed by atoms with Gasteiger partial charge in [0.2, 0.25) is 0 Å². The summed E-state index contributed by atoms with van der Waals surface area (Å²) >= 11 is 1.36. The molecule has 1 aliphatic carbocycles. The van der Waals surface area contributed by atoms with E-state index in [2.05, 4.69) is 30.8 Å². The molecule has 0 radical (unpaired) electrons. The van der Waals surface area contributed by atoms with Crippen molar-refractivity contribution in [2.45, 2.75) is 26.1 Å². The summed E-state index contributed by atoms with van der Waals surface area (Å²) in [6, 6.07) is 6.06. The number of amides is 1. The van der Waals surface area contributed by atoms with E-state index in [0.29, 0.717) is 16.3 Å². The van der Waals surface area contributed by atoms with E-state index in [0.717, 1.165) is 36.7 Å². The Hall–Kier alpha value is -4.00. The minimum atomic E-state index is -0.686. The molecule has 1 atom stereocenters. The molecule has 0 saturated carbocycles. The molecule has 39 heavy (non-hydrogen) atoms. The van der Waals surface area contributed by atoms with Crippen LogP contribution in [0, 0.1) is 11.7 Å². The molecule has 1 aromatic carbocycles. The second kappa shape index (κ2) is 10.3. The van der Waals surface area contributed by atoms with Crippen LogP contribution in [0.4, 0.5) is 21.6 Å². The van der Waals surface area contributed by atoms with Crippen molar-refractivity contribution in [3.63, 3.8) is 0 Å². The summed E-state index contributed by atoms with van der Waals surface area (Å²) in [5.41, 5.74) is 1.44. The van der Waals surface area contributed by atoms with Crippen molar-refractivity contribution in [2.75, 3.05) is 24.2 Å². The van der Waals surface area contributed by atoms with E-state index in [4.69, 9.17) is 0 Å². The lowest BCUT2D eigenvalue weighted by molar-refractivity contribution is -0.112. The molecular formula is C27H26FN7O3S. The number of fused-ring (bicyclic) bond motifs is 2. The molecule has 0 spiro atoms. The van der Waals surface area contributed by atoms with E-state index in [9.17, 15) is 19.1 Å². The number of likely N-dealkylation sites (N-methyl/N-ethyl adjacent to an activating group) is 1. The summed E-state index contributed by atoms with van der Waals surface area (Å²) in [4.78, 5) is 29.4. The third-order valence-corrected chi connectivity index (χ3v) is 8.16. The van der Waals surface area contributed by atoms with Crippen LogP contribution in [0.2, 0.25) is 0 Å². The number of allylic oxidation sites excluding steroid dienone is 5. The Morgan fingerprint density at radius 2 is 2.18 bits per heavy atom. The zero-order chi connectivity index (χ0) is 27.1. The number of carbonyl (C=O) groups is 1. The molecule has 3 aliphatic rings. The Bertz CT molecular complexity index is 1620. The highest BCUT2D eigenvalue weighted by Gasteiger charge is 2.28. The number of halogens is 1. The van der Waals surface area contributed by atoms with Gasteiger partial charge in [0.25, 0.3) is 11.5 Å². The van der Waals surface area contributed by atoms with E-state index in [1.807, 2.05) is 42.1 Å². The monoisotopic (exact) mass is 547 g/mol. The molecule has 3 aromatic rings. The van der Waals surface area contributed by atoms with Crippen molar-refractivity contribution in [2.24, 2.45) is 5.92 Å². The molecule has 0 bridgehead atoms. The summed E-state index contributed by atoms with van der Waals surface area (Å²) in [5, 5.41) is 27.0. The van der Waals surface area contributed by atoms with Gasteiger partial charge in [0.05, 0.1) is 35.1 Å². The fraction of sp³-hybridized carbons (Fsp3) is 0.259. The van der Waals surface area contributed by atoms with Crippen LogP contribution < -0.4 is 16.2 Å². The number of hydrogen-bond donors (Lipinski definition) is 4. The van der Waals surface area contributed by atoms with Crippen LogP contribution in [-0.2, 0) is 24.5 Å². The van der Waals surface area contributed by atoms with E-state index in [1.54, 1.807) is 0 Å². The minimum absolute atomic E-state index is 0.128. The highest BCUT2D eigenvalue weighted by Crippen LogP contribution is 2.44. The number of aliphatic hydroxyl groups is 1. The number of nitrogens with zero attached hydrogens (tertiary/aromatic N) is 4. The molecule has 4 N–H and O–H groups in total. The number of rotatable bonds is 6. The molecule has 12 heteroatoms. The zero-order valence-corrected chi connectivity index (χ0v) is 21.9. The molecule has 6 rings (SSSR count). The van der Waals surface area contributed by atoms with Crippen molar-refractivity contribution in [1.29, 1.82) is 0 Å². The molecule has 1 unspecified atom stereocenters. The van der Waals surface area contributed by atoms with Crippen LogP contribution in [0.3, 0.4) is 0 Å². The van der Waals surface area contributed by atoms with E-state index in [-0.39, 0.29) is 28.6 Å². The maximum atomic E-state index is 15.0. The molecule has 0 saturated heterocycles. The molecule has 4 heterocycles. The normalized spacial score (nSPS) is 18.3. The van der Waals surface area contributed by atoms with E-state index in [1.165, 1.54) is 30.0 Å². The quantitative estimate of drug-likeness (QED) is 0.369. The maximum Gasteiger partial charge on any atom is 0.287 e. The Kier molecular flexibility index (Phi) is 6.67. The smallest absolute Gasteiger partial charge is 0.287 e. The summed E-state index contributed by atoms with van der Waals surface area (Å²) in [6.07, 6.45) is 8.66. The van der Waals surface area contributed by atoms with Gasteiger partial charge < -0.3 is 15.7 Å². The SMILES string of the molecule is CN1CCn2nc(Nc3cc(-c4ccc(F)c(NC(=O)C5=CC6CC=CC=C6S5)c4CO)n[nH]c3=O)cc2C1. The van der Waals surface area contributed by atoms with Crippen molar-refractivity contribution < 1.29 is 14.3 Å². The van der Waals surface area contributed by atoms with Gasteiger partial charge in [-0.05, 0) is 36.6 Å². The van der Waals surface area contributed by atoms with Crippen molar-refractivity contribution in [1.82, 2.24) is 24.9 Å². The fourth-order valence-electron chi connectivity index (χ4n) is 4.92. The Labute approximate surface area is 227 Å². The van der Waals surface area contributed by atoms with Crippen LogP contribution in [-0.4, -0.2) is 49.5 Å². The van der Waals surface area contributed by atoms with E-state index < -0.39 is 23.9 Å². The first-order valence-corrected chi connectivity index (χ1v) is 13.3. The summed E-state index contributed by atoms with van der Waals surface area (Å²) < 4.78 is 16.9. The number of benzene rings is 1. The Morgan fingerprint density at radius 3 is 3.00 bits per heavy atom. The minimum Gasteiger partial charge on any atom is -0.392 e. The van der Waals surface area contributed by atoms with Gasteiger partial charge in [0, 0.05) is 36.2 Å². The average molecular weight is 548 g/mol. The molecule has 10 nitrogen and oxygen atoms in total. The topological polar surface area (TPSA) is 128 Å². The number of carbonyl (C=O) groups excluding carboxylic acids is 1. The lowest BCUT2D eigenvalue weighted by Crippen LogP contribution is -2.30. The van der Waals surface area contributed by atoms with Gasteiger partial charge in [-0.25, -0.2) is 9.49 Å². The number of H-pyrrole nitrogens is 1. The molecule has 1 amide bonds. The number of thioether (sulfide) groups is 1. The summed E-state index contributed by atoms with van der Waals surface area (Å²) in [5.74, 6) is -0.473. The third kappa shape index (κ3) is 4.93. The van der Waals surface area contributed by atoms with Crippen LogP contribution in [0.1, 0.15) is 17.7 Å². The van der Waals surface area contributed by atoms with Gasteiger partial charge in [0.15, 0.2) is 5.82 Å². The summed E-state index contributed by atoms with van der Waals surface area (Å²) in [6.45, 7) is 1.83. The second-order valence-corrected chi connectivity index (χ2v) is 10.8. The van der Waals surface area contributed by atoms with Gasteiger partial charge in [-0.3, -0.25) is 19.2 Å². The Balaban J connectivity index is 1.28. The van der Waals surface area contributed by atoms with Crippen molar-refractivity contribution in [3.05, 3.63) is 85.8 Å². The molecule has 0 fully saturated rings. The van der Waals surface area contributed by atoms with Crippen molar-refractivity contribution in [3.8, 4) is 11.3 Å². The third-order valence-electron chi connectivity index (χ3n) is 6.95. The molecule has 200 valence electrons. The molecular weight excluding hydrogens is 521 g/mol. The predicted octanol–water partition coefficient (Wildman–Crippen LogP) is 3.48. The first kappa shape index (κ1) is 25.3. The zero-order valence-electron chi connectivity index (χ0n) is 21.1.